The molecule has 0 saturated carbocycles. The second-order valence-corrected chi connectivity index (χ2v) is 6.46. The lowest BCUT2D eigenvalue weighted by molar-refractivity contribution is 0.102. The van der Waals surface area contributed by atoms with Crippen LogP contribution in [0.3, 0.4) is 0 Å². The first-order valence-corrected chi connectivity index (χ1v) is 8.51. The van der Waals surface area contributed by atoms with Gasteiger partial charge in [-0.25, -0.2) is 0 Å². The van der Waals surface area contributed by atoms with Crippen LogP contribution in [0.25, 0.3) is 10.9 Å². The van der Waals surface area contributed by atoms with Crippen LogP contribution in [0.4, 0.5) is 5.69 Å². The summed E-state index contributed by atoms with van der Waals surface area (Å²) in [5.74, 6) is -0.0302. The maximum Gasteiger partial charge on any atom is 0.256 e. The van der Waals surface area contributed by atoms with E-state index in [2.05, 4.69) is 5.32 Å². The molecule has 0 unspecified atom stereocenters. The second kappa shape index (κ2) is 6.08. The summed E-state index contributed by atoms with van der Waals surface area (Å²) in [6.07, 6.45) is 4.17. The molecule has 0 saturated heterocycles. The third-order valence-corrected chi connectivity index (χ3v) is 4.67. The molecule has 4 rings (SSSR count). The lowest BCUT2D eigenvalue weighted by Gasteiger charge is -2.20. The SMILES string of the molecule is Cc1cccc(NC(=O)c2c3c(nc4ccccc24)CCCC3)c1. The Hall–Kier alpha value is -2.68. The summed E-state index contributed by atoms with van der Waals surface area (Å²) >= 11 is 0. The van der Waals surface area contributed by atoms with Crippen LogP contribution in [0.2, 0.25) is 0 Å². The van der Waals surface area contributed by atoms with Crippen molar-refractivity contribution in [3.8, 4) is 0 Å². The van der Waals surface area contributed by atoms with Crippen molar-refractivity contribution < 1.29 is 4.79 Å². The minimum atomic E-state index is -0.0302. The van der Waals surface area contributed by atoms with Gasteiger partial charge in [-0.1, -0.05) is 30.3 Å². The van der Waals surface area contributed by atoms with E-state index in [1.54, 1.807) is 0 Å². The van der Waals surface area contributed by atoms with Gasteiger partial charge in [0, 0.05) is 16.8 Å². The van der Waals surface area contributed by atoms with Gasteiger partial charge in [0.05, 0.1) is 11.1 Å². The Morgan fingerprint density at radius 2 is 1.88 bits per heavy atom. The normalized spacial score (nSPS) is 13.5. The maximum absolute atomic E-state index is 13.1. The molecule has 1 aliphatic carbocycles. The number of carbonyl (C=O) groups is 1. The summed E-state index contributed by atoms with van der Waals surface area (Å²) in [7, 11) is 0. The molecule has 2 aromatic carbocycles. The van der Waals surface area contributed by atoms with E-state index in [1.165, 1.54) is 0 Å². The van der Waals surface area contributed by atoms with E-state index in [0.29, 0.717) is 0 Å². The Kier molecular flexibility index (Phi) is 3.77. The van der Waals surface area contributed by atoms with Crippen molar-refractivity contribution >= 4 is 22.5 Å². The number of anilines is 1. The highest BCUT2D eigenvalue weighted by atomic mass is 16.1. The van der Waals surface area contributed by atoms with Crippen LogP contribution in [0.5, 0.6) is 0 Å². The number of aryl methyl sites for hydroxylation is 2. The lowest BCUT2D eigenvalue weighted by atomic mass is 9.89. The molecule has 0 radical (unpaired) electrons. The maximum atomic E-state index is 13.1. The number of nitrogens with one attached hydrogen (secondary N) is 1. The van der Waals surface area contributed by atoms with Crippen molar-refractivity contribution in [2.75, 3.05) is 5.32 Å². The highest BCUT2D eigenvalue weighted by molar-refractivity contribution is 6.13. The molecule has 1 amide bonds. The number of amides is 1. The van der Waals surface area contributed by atoms with Crippen LogP contribution in [0, 0.1) is 6.92 Å². The van der Waals surface area contributed by atoms with E-state index >= 15 is 0 Å². The summed E-state index contributed by atoms with van der Waals surface area (Å²) in [6.45, 7) is 2.03. The summed E-state index contributed by atoms with van der Waals surface area (Å²) in [5, 5.41) is 4.02. The molecule has 120 valence electrons. The summed E-state index contributed by atoms with van der Waals surface area (Å²) < 4.78 is 0. The van der Waals surface area contributed by atoms with Crippen LogP contribution in [-0.4, -0.2) is 10.9 Å². The molecular weight excluding hydrogens is 296 g/mol. The van der Waals surface area contributed by atoms with E-state index in [-0.39, 0.29) is 5.91 Å². The standard InChI is InChI=1S/C21H20N2O/c1-14-7-6-8-15(13-14)22-21(24)20-16-9-2-4-11-18(16)23-19-12-5-3-10-17(19)20/h2,4,6-9,11,13H,3,5,10,12H2,1H3,(H,22,24). The van der Waals surface area contributed by atoms with Gasteiger partial charge in [-0.3, -0.25) is 9.78 Å². The molecule has 0 bridgehead atoms. The fraction of sp³-hybridized carbons (Fsp3) is 0.238. The van der Waals surface area contributed by atoms with E-state index in [4.69, 9.17) is 4.98 Å². The zero-order chi connectivity index (χ0) is 16.5. The number of hydrogen-bond acceptors (Lipinski definition) is 2. The van der Waals surface area contributed by atoms with Crippen molar-refractivity contribution in [3.63, 3.8) is 0 Å². The molecule has 1 aromatic heterocycles. The molecular formula is C21H20N2O. The number of aromatic nitrogens is 1. The summed E-state index contributed by atoms with van der Waals surface area (Å²) in [5.41, 5.74) is 5.91. The van der Waals surface area contributed by atoms with Gasteiger partial charge in [0.2, 0.25) is 0 Å². The first kappa shape index (κ1) is 14.9. The molecule has 1 heterocycles. The molecule has 1 N–H and O–H groups in total. The second-order valence-electron chi connectivity index (χ2n) is 6.46. The number of benzene rings is 2. The van der Waals surface area contributed by atoms with Crippen LogP contribution in [0.15, 0.2) is 48.5 Å². The molecule has 0 spiro atoms. The molecule has 3 nitrogen and oxygen atoms in total. The Balaban J connectivity index is 1.83. The molecule has 1 aliphatic rings. The van der Waals surface area contributed by atoms with E-state index in [9.17, 15) is 4.79 Å². The van der Waals surface area contributed by atoms with Gasteiger partial charge in [-0.2, -0.15) is 0 Å². The van der Waals surface area contributed by atoms with E-state index < -0.39 is 0 Å². The third-order valence-electron chi connectivity index (χ3n) is 4.67. The van der Waals surface area contributed by atoms with Gasteiger partial charge in [0.1, 0.15) is 0 Å². The Bertz CT molecular complexity index is 930. The fourth-order valence-corrected chi connectivity index (χ4v) is 3.55. The first-order valence-electron chi connectivity index (χ1n) is 8.51. The average Bonchev–Trinajstić information content (AvgIpc) is 2.59. The Morgan fingerprint density at radius 1 is 1.04 bits per heavy atom. The van der Waals surface area contributed by atoms with Crippen molar-refractivity contribution in [3.05, 3.63) is 70.9 Å². The zero-order valence-electron chi connectivity index (χ0n) is 13.8. The van der Waals surface area contributed by atoms with Gasteiger partial charge in [-0.15, -0.1) is 0 Å². The zero-order valence-corrected chi connectivity index (χ0v) is 13.8. The summed E-state index contributed by atoms with van der Waals surface area (Å²) in [4.78, 5) is 17.9. The predicted molar refractivity (Wildman–Crippen MR) is 97.5 cm³/mol. The lowest BCUT2D eigenvalue weighted by Crippen LogP contribution is -2.19. The Morgan fingerprint density at radius 3 is 2.75 bits per heavy atom. The number of rotatable bonds is 2. The van der Waals surface area contributed by atoms with Gasteiger partial charge >= 0.3 is 0 Å². The van der Waals surface area contributed by atoms with Crippen LogP contribution in [0.1, 0.15) is 40.0 Å². The van der Waals surface area contributed by atoms with E-state index in [0.717, 1.165) is 64.7 Å². The highest BCUT2D eigenvalue weighted by Crippen LogP contribution is 2.29. The minimum Gasteiger partial charge on any atom is -0.322 e. The largest absolute Gasteiger partial charge is 0.322 e. The average molecular weight is 316 g/mol. The van der Waals surface area contributed by atoms with Gasteiger partial charge in [-0.05, 0) is 61.9 Å². The van der Waals surface area contributed by atoms with Gasteiger partial charge < -0.3 is 5.32 Å². The number of nitrogens with zero attached hydrogens (tertiary/aromatic N) is 1. The number of fused-ring (bicyclic) bond motifs is 2. The van der Waals surface area contributed by atoms with Crippen molar-refractivity contribution in [1.29, 1.82) is 0 Å². The molecule has 0 aliphatic heterocycles. The third kappa shape index (κ3) is 2.67. The van der Waals surface area contributed by atoms with E-state index in [1.807, 2.05) is 55.5 Å². The van der Waals surface area contributed by atoms with Crippen molar-refractivity contribution in [2.24, 2.45) is 0 Å². The number of hydrogen-bond donors (Lipinski definition) is 1. The van der Waals surface area contributed by atoms with Crippen LogP contribution < -0.4 is 5.32 Å². The quantitative estimate of drug-likeness (QED) is 0.746. The van der Waals surface area contributed by atoms with Crippen molar-refractivity contribution in [2.45, 2.75) is 32.6 Å². The first-order chi connectivity index (χ1) is 11.7. The molecule has 3 heteroatoms. The van der Waals surface area contributed by atoms with Gasteiger partial charge in [0.15, 0.2) is 0 Å². The molecule has 3 aromatic rings. The number of pyridine rings is 1. The highest BCUT2D eigenvalue weighted by Gasteiger charge is 2.22. The van der Waals surface area contributed by atoms with Gasteiger partial charge in [0.25, 0.3) is 5.91 Å². The molecule has 0 atom stereocenters. The fourth-order valence-electron chi connectivity index (χ4n) is 3.55. The number of carbonyl (C=O) groups excluding carboxylic acids is 1. The van der Waals surface area contributed by atoms with Crippen LogP contribution >= 0.6 is 0 Å². The number of para-hydroxylation sites is 1. The monoisotopic (exact) mass is 316 g/mol. The van der Waals surface area contributed by atoms with Crippen molar-refractivity contribution in [1.82, 2.24) is 4.98 Å². The molecule has 24 heavy (non-hydrogen) atoms. The van der Waals surface area contributed by atoms with Crippen LogP contribution in [-0.2, 0) is 12.8 Å². The smallest absolute Gasteiger partial charge is 0.256 e. The topological polar surface area (TPSA) is 42.0 Å². The summed E-state index contributed by atoms with van der Waals surface area (Å²) in [6, 6.07) is 15.9. The Labute approximate surface area is 141 Å². The predicted octanol–water partition coefficient (Wildman–Crippen LogP) is 4.67. The molecule has 0 fully saturated rings. The minimum absolute atomic E-state index is 0.0302.